The summed E-state index contributed by atoms with van der Waals surface area (Å²) >= 11 is 0. The molecular weight excluding hydrogens is 324 g/mol. The average Bonchev–Trinajstić information content (AvgIpc) is 2.86. The van der Waals surface area contributed by atoms with Gasteiger partial charge in [-0.1, -0.05) is 18.2 Å². The van der Waals surface area contributed by atoms with E-state index in [0.29, 0.717) is 0 Å². The molecular formula is C17H22N4O4. The van der Waals surface area contributed by atoms with Crippen molar-refractivity contribution >= 4 is 29.4 Å². The summed E-state index contributed by atoms with van der Waals surface area (Å²) in [5.74, 6) is -1.00. The van der Waals surface area contributed by atoms with Crippen LogP contribution in [0.1, 0.15) is 24.0 Å². The van der Waals surface area contributed by atoms with Crippen molar-refractivity contribution < 1.29 is 19.2 Å². The molecule has 8 heteroatoms. The molecule has 0 unspecified atom stereocenters. The summed E-state index contributed by atoms with van der Waals surface area (Å²) in [6.45, 7) is 3.71. The summed E-state index contributed by atoms with van der Waals surface area (Å²) in [6, 6.07) is 4.46. The summed E-state index contributed by atoms with van der Waals surface area (Å²) in [7, 11) is 1.53. The minimum Gasteiger partial charge on any atom is -0.336 e. The average molecular weight is 346 g/mol. The van der Waals surface area contributed by atoms with Gasteiger partial charge < -0.3 is 15.5 Å². The molecule has 0 radical (unpaired) electrons. The van der Waals surface area contributed by atoms with E-state index in [0.717, 1.165) is 16.8 Å². The number of nitrogens with one attached hydrogen (secondary N) is 3. The summed E-state index contributed by atoms with van der Waals surface area (Å²) < 4.78 is 0. The first-order chi connectivity index (χ1) is 11.8. The molecule has 0 aliphatic carbocycles. The van der Waals surface area contributed by atoms with Crippen LogP contribution in [-0.4, -0.2) is 48.3 Å². The van der Waals surface area contributed by atoms with Gasteiger partial charge in [0.1, 0.15) is 6.04 Å². The van der Waals surface area contributed by atoms with E-state index in [1.54, 1.807) is 0 Å². The predicted octanol–water partition coefficient (Wildman–Crippen LogP) is 0.689. The van der Waals surface area contributed by atoms with Crippen molar-refractivity contribution in [3.63, 3.8) is 0 Å². The maximum Gasteiger partial charge on any atom is 0.322 e. The molecule has 25 heavy (non-hydrogen) atoms. The van der Waals surface area contributed by atoms with Crippen LogP contribution in [0.25, 0.3) is 0 Å². The second kappa shape index (κ2) is 7.78. The van der Waals surface area contributed by atoms with Crippen molar-refractivity contribution in [3.8, 4) is 0 Å². The zero-order valence-electron chi connectivity index (χ0n) is 14.5. The minimum atomic E-state index is -0.701. The van der Waals surface area contributed by atoms with Gasteiger partial charge in [0.15, 0.2) is 0 Å². The second-order valence-corrected chi connectivity index (χ2v) is 6.12. The van der Waals surface area contributed by atoms with Crippen molar-refractivity contribution in [1.82, 2.24) is 15.5 Å². The Morgan fingerprint density at radius 1 is 1.20 bits per heavy atom. The molecule has 1 aromatic carbocycles. The number of nitrogens with zero attached hydrogens (tertiary/aromatic N) is 1. The van der Waals surface area contributed by atoms with Crippen LogP contribution in [0.3, 0.4) is 0 Å². The lowest BCUT2D eigenvalue weighted by Gasteiger charge is -2.18. The van der Waals surface area contributed by atoms with Gasteiger partial charge in [0.2, 0.25) is 11.8 Å². The van der Waals surface area contributed by atoms with Gasteiger partial charge in [0, 0.05) is 19.2 Å². The number of hydrogen-bond acceptors (Lipinski definition) is 4. The number of rotatable bonds is 6. The van der Waals surface area contributed by atoms with Crippen LogP contribution in [0.2, 0.25) is 0 Å². The highest BCUT2D eigenvalue weighted by atomic mass is 16.2. The van der Waals surface area contributed by atoms with Crippen LogP contribution in [0.15, 0.2) is 18.2 Å². The number of carbonyl (C=O) groups is 4. The summed E-state index contributed by atoms with van der Waals surface area (Å²) in [5.41, 5.74) is 2.65. The number of aryl methyl sites for hydroxylation is 2. The number of amides is 5. The van der Waals surface area contributed by atoms with E-state index in [9.17, 15) is 19.2 Å². The highest BCUT2D eigenvalue weighted by Gasteiger charge is 2.30. The van der Waals surface area contributed by atoms with E-state index in [1.165, 1.54) is 11.9 Å². The molecule has 0 aromatic heterocycles. The monoisotopic (exact) mass is 346 g/mol. The lowest BCUT2D eigenvalue weighted by atomic mass is 10.1. The number of urea groups is 1. The number of likely N-dealkylation sites (N-methyl/N-ethyl adjacent to an activating group) is 1. The molecule has 1 atom stereocenters. The number of carbonyl (C=O) groups excluding carboxylic acids is 4. The number of benzene rings is 1. The van der Waals surface area contributed by atoms with E-state index in [4.69, 9.17) is 0 Å². The Hall–Kier alpha value is -2.90. The molecule has 1 aliphatic rings. The quantitative estimate of drug-likeness (QED) is 0.659. The SMILES string of the molecule is Cc1cccc(C)c1NC(=O)CN(C)C(=O)CC[C@@H]1NC(=O)NC1=O. The Morgan fingerprint density at radius 2 is 1.84 bits per heavy atom. The third-order valence-corrected chi connectivity index (χ3v) is 4.06. The lowest BCUT2D eigenvalue weighted by Crippen LogP contribution is -2.36. The van der Waals surface area contributed by atoms with Gasteiger partial charge in [0.05, 0.1) is 6.54 Å². The second-order valence-electron chi connectivity index (χ2n) is 6.12. The molecule has 5 amide bonds. The number of anilines is 1. The van der Waals surface area contributed by atoms with E-state index in [1.807, 2.05) is 32.0 Å². The standard InChI is InChI=1S/C17H22N4O4/c1-10-5-4-6-11(2)15(10)19-13(22)9-21(3)14(23)8-7-12-16(24)20-17(25)18-12/h4-6,12H,7-9H2,1-3H3,(H,19,22)(H2,18,20,24,25)/t12-/m0/s1. The molecule has 1 fully saturated rings. The maximum atomic E-state index is 12.2. The van der Waals surface area contributed by atoms with Crippen molar-refractivity contribution in [3.05, 3.63) is 29.3 Å². The van der Waals surface area contributed by atoms with Crippen LogP contribution in [0.5, 0.6) is 0 Å². The van der Waals surface area contributed by atoms with Gasteiger partial charge in [0.25, 0.3) is 5.91 Å². The van der Waals surface area contributed by atoms with Gasteiger partial charge in [-0.15, -0.1) is 0 Å². The van der Waals surface area contributed by atoms with Crippen LogP contribution in [0.4, 0.5) is 10.5 Å². The molecule has 1 heterocycles. The number of imide groups is 1. The third-order valence-electron chi connectivity index (χ3n) is 4.06. The van der Waals surface area contributed by atoms with Gasteiger partial charge in [-0.05, 0) is 31.4 Å². The molecule has 1 saturated heterocycles. The Balaban J connectivity index is 1.83. The molecule has 2 rings (SSSR count). The van der Waals surface area contributed by atoms with E-state index in [2.05, 4.69) is 16.0 Å². The summed E-state index contributed by atoms with van der Waals surface area (Å²) in [4.78, 5) is 48.0. The molecule has 0 bridgehead atoms. The first-order valence-corrected chi connectivity index (χ1v) is 7.99. The highest BCUT2D eigenvalue weighted by Crippen LogP contribution is 2.19. The molecule has 134 valence electrons. The topological polar surface area (TPSA) is 108 Å². The van der Waals surface area contributed by atoms with Crippen LogP contribution in [-0.2, 0) is 14.4 Å². The number of hydrogen-bond donors (Lipinski definition) is 3. The lowest BCUT2D eigenvalue weighted by molar-refractivity contribution is -0.133. The zero-order chi connectivity index (χ0) is 18.6. The van der Waals surface area contributed by atoms with E-state index < -0.39 is 18.0 Å². The van der Waals surface area contributed by atoms with Crippen LogP contribution < -0.4 is 16.0 Å². The molecule has 1 aliphatic heterocycles. The zero-order valence-corrected chi connectivity index (χ0v) is 14.5. The molecule has 0 saturated carbocycles. The van der Waals surface area contributed by atoms with Gasteiger partial charge in [-0.25, -0.2) is 4.79 Å². The predicted molar refractivity (Wildman–Crippen MR) is 91.9 cm³/mol. The molecule has 0 spiro atoms. The first-order valence-electron chi connectivity index (χ1n) is 7.99. The Labute approximate surface area is 145 Å². The normalized spacial score (nSPS) is 16.2. The Kier molecular flexibility index (Phi) is 5.74. The van der Waals surface area contributed by atoms with Crippen molar-refractivity contribution in [2.45, 2.75) is 32.7 Å². The first kappa shape index (κ1) is 18.4. The fourth-order valence-corrected chi connectivity index (χ4v) is 2.61. The molecule has 8 nitrogen and oxygen atoms in total. The van der Waals surface area contributed by atoms with Crippen LogP contribution in [0, 0.1) is 13.8 Å². The van der Waals surface area contributed by atoms with Gasteiger partial charge in [-0.3, -0.25) is 19.7 Å². The summed E-state index contributed by atoms with van der Waals surface area (Å²) in [6.07, 6.45) is 0.255. The fourth-order valence-electron chi connectivity index (χ4n) is 2.61. The van der Waals surface area contributed by atoms with Crippen molar-refractivity contribution in [2.24, 2.45) is 0 Å². The van der Waals surface area contributed by atoms with Crippen molar-refractivity contribution in [1.29, 1.82) is 0 Å². The Bertz CT molecular complexity index is 696. The van der Waals surface area contributed by atoms with Crippen LogP contribution >= 0.6 is 0 Å². The number of para-hydroxylation sites is 1. The highest BCUT2D eigenvalue weighted by molar-refractivity contribution is 6.04. The van der Waals surface area contributed by atoms with Gasteiger partial charge in [-0.2, -0.15) is 0 Å². The smallest absolute Gasteiger partial charge is 0.322 e. The minimum absolute atomic E-state index is 0.0611. The molecule has 3 N–H and O–H groups in total. The Morgan fingerprint density at radius 3 is 2.40 bits per heavy atom. The third kappa shape index (κ3) is 4.79. The fraction of sp³-hybridized carbons (Fsp3) is 0.412. The maximum absolute atomic E-state index is 12.2. The molecule has 1 aromatic rings. The largest absolute Gasteiger partial charge is 0.336 e. The van der Waals surface area contributed by atoms with E-state index in [-0.39, 0.29) is 31.2 Å². The van der Waals surface area contributed by atoms with E-state index >= 15 is 0 Å². The van der Waals surface area contributed by atoms with Crippen molar-refractivity contribution in [2.75, 3.05) is 18.9 Å². The summed E-state index contributed by atoms with van der Waals surface area (Å²) in [5, 5.41) is 7.37. The van der Waals surface area contributed by atoms with Gasteiger partial charge >= 0.3 is 6.03 Å².